The molecule has 0 saturated carbocycles. The zero-order valence-corrected chi connectivity index (χ0v) is 9.25. The van der Waals surface area contributed by atoms with Gasteiger partial charge in [-0.15, -0.1) is 0 Å². The first-order valence-electron chi connectivity index (χ1n) is 5.37. The van der Waals surface area contributed by atoms with Gasteiger partial charge in [0.05, 0.1) is 13.5 Å². The molecule has 0 saturated heterocycles. The molecule has 0 bridgehead atoms. The van der Waals surface area contributed by atoms with Crippen molar-refractivity contribution in [3.8, 4) is 0 Å². The van der Waals surface area contributed by atoms with Gasteiger partial charge in [-0.3, -0.25) is 4.79 Å². The van der Waals surface area contributed by atoms with Crippen LogP contribution in [0.3, 0.4) is 0 Å². The summed E-state index contributed by atoms with van der Waals surface area (Å²) in [5.74, 6) is 0.265. The fraction of sp³-hybridized carbons (Fsp3) is 0.462. The highest BCUT2D eigenvalue weighted by atomic mass is 16.5. The first-order valence-corrected chi connectivity index (χ1v) is 5.37. The van der Waals surface area contributed by atoms with Crippen LogP contribution in [0.2, 0.25) is 0 Å². The van der Waals surface area contributed by atoms with Gasteiger partial charge in [0.2, 0.25) is 0 Å². The number of carbonyl (C=O) groups is 1. The minimum absolute atomic E-state index is 0.103. The largest absolute Gasteiger partial charge is 0.469 e. The van der Waals surface area contributed by atoms with Crippen molar-refractivity contribution in [2.45, 2.75) is 32.1 Å². The van der Waals surface area contributed by atoms with E-state index < -0.39 is 0 Å². The Bertz CT molecular complexity index is 382. The normalized spacial score (nSPS) is 18.7. The third-order valence-corrected chi connectivity index (χ3v) is 3.14. The van der Waals surface area contributed by atoms with Crippen molar-refractivity contribution in [1.82, 2.24) is 0 Å². The molecule has 2 heteroatoms. The zero-order valence-electron chi connectivity index (χ0n) is 9.25. The van der Waals surface area contributed by atoms with Crippen LogP contribution >= 0.6 is 0 Å². The number of rotatable bonds is 2. The number of esters is 1. The van der Waals surface area contributed by atoms with E-state index in [1.807, 2.05) is 0 Å². The standard InChI is InChI=1S/C13H16O2/c1-9-3-6-12-10(7-9)4-5-11(12)8-13(14)15-2/h3,6-7,11H,4-5,8H2,1-2H3. The van der Waals surface area contributed by atoms with Crippen LogP contribution in [0.4, 0.5) is 0 Å². The lowest BCUT2D eigenvalue weighted by molar-refractivity contribution is -0.141. The van der Waals surface area contributed by atoms with E-state index in [9.17, 15) is 4.79 Å². The molecule has 1 aliphatic carbocycles. The maximum absolute atomic E-state index is 11.2. The smallest absolute Gasteiger partial charge is 0.306 e. The molecule has 1 atom stereocenters. The number of carbonyl (C=O) groups excluding carboxylic acids is 1. The van der Waals surface area contributed by atoms with E-state index in [1.165, 1.54) is 23.8 Å². The molecule has 2 rings (SSSR count). The predicted molar refractivity (Wildman–Crippen MR) is 58.9 cm³/mol. The van der Waals surface area contributed by atoms with E-state index in [1.54, 1.807) is 0 Å². The number of benzene rings is 1. The summed E-state index contributed by atoms with van der Waals surface area (Å²) < 4.78 is 4.71. The van der Waals surface area contributed by atoms with E-state index in [0.29, 0.717) is 12.3 Å². The molecular weight excluding hydrogens is 188 g/mol. The molecule has 0 aliphatic heterocycles. The summed E-state index contributed by atoms with van der Waals surface area (Å²) in [6.07, 6.45) is 2.69. The van der Waals surface area contributed by atoms with Gasteiger partial charge in [0.15, 0.2) is 0 Å². The fourth-order valence-electron chi connectivity index (χ4n) is 2.33. The van der Waals surface area contributed by atoms with E-state index in [4.69, 9.17) is 4.74 Å². The van der Waals surface area contributed by atoms with Gasteiger partial charge in [0, 0.05) is 0 Å². The van der Waals surface area contributed by atoms with Gasteiger partial charge in [0.25, 0.3) is 0 Å². The van der Waals surface area contributed by atoms with E-state index in [0.717, 1.165) is 12.8 Å². The molecule has 1 aliphatic rings. The summed E-state index contributed by atoms with van der Waals surface area (Å²) >= 11 is 0. The second kappa shape index (κ2) is 4.05. The van der Waals surface area contributed by atoms with Crippen LogP contribution in [0.25, 0.3) is 0 Å². The molecule has 2 nitrogen and oxygen atoms in total. The SMILES string of the molecule is COC(=O)CC1CCc2cc(C)ccc21. The van der Waals surface area contributed by atoms with Crippen molar-refractivity contribution in [3.63, 3.8) is 0 Å². The Morgan fingerprint density at radius 2 is 2.33 bits per heavy atom. The minimum Gasteiger partial charge on any atom is -0.469 e. The maximum Gasteiger partial charge on any atom is 0.306 e. The van der Waals surface area contributed by atoms with Crippen LogP contribution in [0, 0.1) is 6.92 Å². The van der Waals surface area contributed by atoms with Crippen LogP contribution in [0.5, 0.6) is 0 Å². The highest BCUT2D eigenvalue weighted by Crippen LogP contribution is 2.35. The monoisotopic (exact) mass is 204 g/mol. The Kier molecular flexibility index (Phi) is 2.76. The molecule has 15 heavy (non-hydrogen) atoms. The molecule has 0 heterocycles. The molecule has 0 N–H and O–H groups in total. The molecule has 1 aromatic rings. The first-order chi connectivity index (χ1) is 7.20. The Hall–Kier alpha value is -1.31. The number of fused-ring (bicyclic) bond motifs is 1. The topological polar surface area (TPSA) is 26.3 Å². The van der Waals surface area contributed by atoms with Gasteiger partial charge in [-0.25, -0.2) is 0 Å². The van der Waals surface area contributed by atoms with Gasteiger partial charge in [-0.05, 0) is 36.8 Å². The average molecular weight is 204 g/mol. The lowest BCUT2D eigenvalue weighted by atomic mass is 9.97. The summed E-state index contributed by atoms with van der Waals surface area (Å²) in [6.45, 7) is 2.11. The van der Waals surface area contributed by atoms with Crippen molar-refractivity contribution in [1.29, 1.82) is 0 Å². The van der Waals surface area contributed by atoms with E-state index in [-0.39, 0.29) is 5.97 Å². The minimum atomic E-state index is -0.103. The molecule has 0 aromatic heterocycles. The Morgan fingerprint density at radius 3 is 3.07 bits per heavy atom. The second-order valence-electron chi connectivity index (χ2n) is 4.22. The lowest BCUT2D eigenvalue weighted by Crippen LogP contribution is -2.06. The highest BCUT2D eigenvalue weighted by molar-refractivity contribution is 5.70. The highest BCUT2D eigenvalue weighted by Gasteiger charge is 2.24. The number of ether oxygens (including phenoxy) is 1. The summed E-state index contributed by atoms with van der Waals surface area (Å²) in [5, 5.41) is 0. The third kappa shape index (κ3) is 2.04. The molecule has 0 amide bonds. The van der Waals surface area contributed by atoms with E-state index >= 15 is 0 Å². The third-order valence-electron chi connectivity index (χ3n) is 3.14. The van der Waals surface area contributed by atoms with Gasteiger partial charge >= 0.3 is 5.97 Å². The Balaban J connectivity index is 2.18. The van der Waals surface area contributed by atoms with Crippen molar-refractivity contribution < 1.29 is 9.53 Å². The number of methoxy groups -OCH3 is 1. The Morgan fingerprint density at radius 1 is 1.53 bits per heavy atom. The van der Waals surface area contributed by atoms with E-state index in [2.05, 4.69) is 25.1 Å². The molecule has 0 fully saturated rings. The van der Waals surface area contributed by atoms with Gasteiger partial charge in [-0.1, -0.05) is 23.8 Å². The molecular formula is C13H16O2. The van der Waals surface area contributed by atoms with Crippen molar-refractivity contribution in [3.05, 3.63) is 34.9 Å². The maximum atomic E-state index is 11.2. The van der Waals surface area contributed by atoms with Crippen LogP contribution in [0.1, 0.15) is 35.4 Å². The summed E-state index contributed by atoms with van der Waals surface area (Å²) in [5.41, 5.74) is 4.04. The Labute approximate surface area is 90.3 Å². The van der Waals surface area contributed by atoms with Crippen molar-refractivity contribution in [2.24, 2.45) is 0 Å². The van der Waals surface area contributed by atoms with Crippen molar-refractivity contribution >= 4 is 5.97 Å². The number of hydrogen-bond donors (Lipinski definition) is 0. The lowest BCUT2D eigenvalue weighted by Gasteiger charge is -2.09. The second-order valence-corrected chi connectivity index (χ2v) is 4.22. The van der Waals surface area contributed by atoms with Crippen LogP contribution in [0.15, 0.2) is 18.2 Å². The van der Waals surface area contributed by atoms with Crippen molar-refractivity contribution in [2.75, 3.05) is 7.11 Å². The number of hydrogen-bond acceptors (Lipinski definition) is 2. The molecule has 0 radical (unpaired) electrons. The average Bonchev–Trinajstić information content (AvgIpc) is 2.60. The molecule has 1 aromatic carbocycles. The van der Waals surface area contributed by atoms with Crippen LogP contribution in [-0.2, 0) is 16.0 Å². The van der Waals surface area contributed by atoms with Gasteiger partial charge < -0.3 is 4.74 Å². The number of aryl methyl sites for hydroxylation is 2. The summed E-state index contributed by atoms with van der Waals surface area (Å²) in [6, 6.07) is 6.51. The van der Waals surface area contributed by atoms with Crippen LogP contribution in [-0.4, -0.2) is 13.1 Å². The van der Waals surface area contributed by atoms with Gasteiger partial charge in [-0.2, -0.15) is 0 Å². The van der Waals surface area contributed by atoms with Gasteiger partial charge in [0.1, 0.15) is 0 Å². The molecule has 0 spiro atoms. The fourth-order valence-corrected chi connectivity index (χ4v) is 2.33. The quantitative estimate of drug-likeness (QED) is 0.692. The zero-order chi connectivity index (χ0) is 10.8. The summed E-state index contributed by atoms with van der Waals surface area (Å²) in [4.78, 5) is 11.2. The first kappa shape index (κ1) is 10.2. The molecule has 80 valence electrons. The molecule has 1 unspecified atom stereocenters. The summed E-state index contributed by atoms with van der Waals surface area (Å²) in [7, 11) is 1.45. The van der Waals surface area contributed by atoms with Crippen LogP contribution < -0.4 is 0 Å². The predicted octanol–water partition coefficient (Wildman–Crippen LogP) is 2.59.